The maximum absolute atomic E-state index is 13.7. The van der Waals surface area contributed by atoms with Crippen LogP contribution in [0.15, 0.2) is 77.9 Å². The van der Waals surface area contributed by atoms with Gasteiger partial charge < -0.3 is 14.2 Å². The highest BCUT2D eigenvalue weighted by Gasteiger charge is 2.19. The lowest BCUT2D eigenvalue weighted by Gasteiger charge is -2.17. The Morgan fingerprint density at radius 1 is 0.833 bits per heavy atom. The van der Waals surface area contributed by atoms with Gasteiger partial charge in [-0.3, -0.25) is 14.2 Å². The first-order chi connectivity index (χ1) is 19.9. The van der Waals surface area contributed by atoms with Crippen molar-refractivity contribution < 1.29 is 19.0 Å². The minimum absolute atomic E-state index is 0.0399. The van der Waals surface area contributed by atoms with Gasteiger partial charge >= 0.3 is 0 Å². The number of rotatable bonds is 14. The van der Waals surface area contributed by atoms with E-state index in [9.17, 15) is 9.59 Å². The van der Waals surface area contributed by atoms with Crippen LogP contribution in [0, 0.1) is 0 Å². The first-order valence-corrected chi connectivity index (χ1v) is 21.8. The van der Waals surface area contributed by atoms with Crippen molar-refractivity contribution in [3.63, 3.8) is 0 Å². The molecule has 0 N–H and O–H groups in total. The summed E-state index contributed by atoms with van der Waals surface area (Å²) in [7, 11) is -2.50. The number of ketones is 1. The van der Waals surface area contributed by atoms with Crippen LogP contribution < -0.4 is 10.3 Å². The molecular formula is C33H42N2O5Si2. The molecule has 0 aliphatic heterocycles. The van der Waals surface area contributed by atoms with Gasteiger partial charge in [0.2, 0.25) is 0 Å². The summed E-state index contributed by atoms with van der Waals surface area (Å²) in [6.45, 7) is 15.1. The zero-order valence-electron chi connectivity index (χ0n) is 25.6. The van der Waals surface area contributed by atoms with Gasteiger partial charge in [0.1, 0.15) is 24.3 Å². The molecule has 3 aromatic carbocycles. The predicted molar refractivity (Wildman–Crippen MR) is 175 cm³/mol. The molecule has 42 heavy (non-hydrogen) atoms. The topological polar surface area (TPSA) is 79.7 Å². The van der Waals surface area contributed by atoms with Crippen LogP contribution in [0.1, 0.15) is 15.9 Å². The van der Waals surface area contributed by atoms with Gasteiger partial charge in [-0.25, -0.2) is 4.98 Å². The van der Waals surface area contributed by atoms with Crippen LogP contribution in [0.2, 0.25) is 51.4 Å². The first-order valence-electron chi connectivity index (χ1n) is 14.4. The molecule has 4 rings (SSSR count). The molecule has 0 atom stereocenters. The van der Waals surface area contributed by atoms with Crippen molar-refractivity contribution in [2.75, 3.05) is 20.0 Å². The van der Waals surface area contributed by atoms with E-state index in [4.69, 9.17) is 14.2 Å². The highest BCUT2D eigenvalue weighted by atomic mass is 28.3. The monoisotopic (exact) mass is 602 g/mol. The van der Waals surface area contributed by atoms with E-state index in [0.717, 1.165) is 12.1 Å². The second kappa shape index (κ2) is 13.7. The third kappa shape index (κ3) is 8.57. The SMILES string of the molecule is C[Si](C)(C)CCOCOc1cc(-c2ccccc2C(=O)c2ccccc2)cc2c(=O)n(COCC[Si](C)(C)C)cnc12. The number of nitrogens with zero attached hydrogens (tertiary/aromatic N) is 2. The minimum atomic E-state index is -1.26. The van der Waals surface area contributed by atoms with E-state index in [1.54, 1.807) is 18.2 Å². The summed E-state index contributed by atoms with van der Waals surface area (Å²) >= 11 is 0. The number of fused-ring (bicyclic) bond motifs is 1. The molecule has 0 unspecified atom stereocenters. The molecule has 0 radical (unpaired) electrons. The third-order valence-corrected chi connectivity index (χ3v) is 10.3. The molecule has 0 spiro atoms. The second-order valence-corrected chi connectivity index (χ2v) is 24.2. The molecule has 1 aromatic heterocycles. The Balaban J connectivity index is 1.72. The van der Waals surface area contributed by atoms with E-state index < -0.39 is 16.1 Å². The van der Waals surface area contributed by atoms with Crippen LogP contribution in [-0.4, -0.2) is 51.5 Å². The van der Waals surface area contributed by atoms with Crippen molar-refractivity contribution in [2.45, 2.75) is 58.1 Å². The van der Waals surface area contributed by atoms with Gasteiger partial charge in [-0.1, -0.05) is 93.9 Å². The lowest BCUT2D eigenvalue weighted by atomic mass is 9.93. The van der Waals surface area contributed by atoms with Gasteiger partial charge in [0, 0.05) is 40.5 Å². The van der Waals surface area contributed by atoms with Crippen molar-refractivity contribution >= 4 is 32.8 Å². The average Bonchev–Trinajstić information content (AvgIpc) is 2.95. The van der Waals surface area contributed by atoms with Gasteiger partial charge in [0.15, 0.2) is 12.6 Å². The summed E-state index contributed by atoms with van der Waals surface area (Å²) in [5, 5.41) is 0.392. The molecule has 1 heterocycles. The number of aromatic nitrogens is 2. The molecule has 4 aromatic rings. The van der Waals surface area contributed by atoms with Gasteiger partial charge in [-0.05, 0) is 35.3 Å². The maximum atomic E-state index is 13.7. The fraction of sp³-hybridized carbons (Fsp3) is 0.364. The van der Waals surface area contributed by atoms with E-state index in [1.165, 1.54) is 10.9 Å². The summed E-state index contributed by atoms with van der Waals surface area (Å²) in [6.07, 6.45) is 1.50. The molecule has 0 aliphatic rings. The van der Waals surface area contributed by atoms with E-state index in [-0.39, 0.29) is 24.9 Å². The Bertz CT molecular complexity index is 1570. The Kier molecular flexibility index (Phi) is 10.3. The molecule has 7 nitrogen and oxygen atoms in total. The van der Waals surface area contributed by atoms with E-state index >= 15 is 0 Å². The van der Waals surface area contributed by atoms with Gasteiger partial charge in [0.25, 0.3) is 5.56 Å². The lowest BCUT2D eigenvalue weighted by molar-refractivity contribution is 0.0228. The molecule has 0 fully saturated rings. The maximum Gasteiger partial charge on any atom is 0.263 e. The van der Waals surface area contributed by atoms with Gasteiger partial charge in [-0.2, -0.15) is 0 Å². The summed E-state index contributed by atoms with van der Waals surface area (Å²) in [4.78, 5) is 31.8. The molecule has 0 saturated heterocycles. The number of hydrogen-bond donors (Lipinski definition) is 0. The minimum Gasteiger partial charge on any atom is -0.465 e. The zero-order chi connectivity index (χ0) is 30.3. The van der Waals surface area contributed by atoms with Crippen molar-refractivity contribution in [1.82, 2.24) is 9.55 Å². The first kappa shape index (κ1) is 31.6. The standard InChI is InChI=1S/C33H42N2O5Si2/c1-41(2,3)18-16-38-23-35-22-34-31-29(33(35)37)20-26(21-30(31)40-24-39-17-19-42(4,5)6)27-14-10-11-15-28(27)32(36)25-12-8-7-9-13-25/h7-15,20-22H,16-19,23-24H2,1-6H3. The molecule has 9 heteroatoms. The fourth-order valence-corrected chi connectivity index (χ4v) is 5.87. The predicted octanol–water partition coefficient (Wildman–Crippen LogP) is 7.30. The lowest BCUT2D eigenvalue weighted by Crippen LogP contribution is -2.25. The number of carbonyl (C=O) groups excluding carboxylic acids is 1. The Hall–Kier alpha value is -3.38. The molecule has 0 aliphatic carbocycles. The number of benzene rings is 3. The summed E-state index contributed by atoms with van der Waals surface area (Å²) in [6, 6.07) is 22.3. The van der Waals surface area contributed by atoms with Gasteiger partial charge in [0.05, 0.1) is 5.39 Å². The molecule has 222 valence electrons. The highest BCUT2D eigenvalue weighted by molar-refractivity contribution is 6.76. The largest absolute Gasteiger partial charge is 0.465 e. The summed E-state index contributed by atoms with van der Waals surface area (Å²) in [5.41, 5.74) is 2.75. The van der Waals surface area contributed by atoms with Crippen molar-refractivity contribution in [3.05, 3.63) is 94.5 Å². The van der Waals surface area contributed by atoms with Crippen LogP contribution in [-0.2, 0) is 16.2 Å². The number of ether oxygens (including phenoxy) is 3. The Morgan fingerprint density at radius 3 is 2.17 bits per heavy atom. The van der Waals surface area contributed by atoms with Crippen LogP contribution in [0.3, 0.4) is 0 Å². The zero-order valence-corrected chi connectivity index (χ0v) is 27.6. The van der Waals surface area contributed by atoms with Crippen molar-refractivity contribution in [1.29, 1.82) is 0 Å². The average molecular weight is 603 g/mol. The van der Waals surface area contributed by atoms with E-state index in [2.05, 4.69) is 44.3 Å². The molecule has 0 bridgehead atoms. The number of hydrogen-bond acceptors (Lipinski definition) is 6. The molecule has 0 amide bonds. The molecule has 0 saturated carbocycles. The quantitative estimate of drug-likeness (QED) is 0.0652. The van der Waals surface area contributed by atoms with Crippen LogP contribution in [0.25, 0.3) is 22.0 Å². The van der Waals surface area contributed by atoms with Crippen LogP contribution in [0.4, 0.5) is 0 Å². The van der Waals surface area contributed by atoms with Crippen molar-refractivity contribution in [2.24, 2.45) is 0 Å². The summed E-state index contributed by atoms with van der Waals surface area (Å²) < 4.78 is 19.2. The van der Waals surface area contributed by atoms with E-state index in [1.807, 2.05) is 48.5 Å². The van der Waals surface area contributed by atoms with Gasteiger partial charge in [-0.15, -0.1) is 0 Å². The van der Waals surface area contributed by atoms with Crippen LogP contribution in [0.5, 0.6) is 5.75 Å². The normalized spacial score (nSPS) is 12.0. The fourth-order valence-electron chi connectivity index (χ4n) is 4.36. The van der Waals surface area contributed by atoms with E-state index in [0.29, 0.717) is 52.1 Å². The summed E-state index contributed by atoms with van der Waals surface area (Å²) in [5.74, 6) is 0.337. The Labute approximate surface area is 250 Å². The van der Waals surface area contributed by atoms with Crippen molar-refractivity contribution in [3.8, 4) is 16.9 Å². The molecular weight excluding hydrogens is 561 g/mol. The smallest absolute Gasteiger partial charge is 0.263 e. The highest BCUT2D eigenvalue weighted by Crippen LogP contribution is 2.33. The van der Waals surface area contributed by atoms with Crippen LogP contribution >= 0.6 is 0 Å². The number of carbonyl (C=O) groups is 1. The third-order valence-electron chi connectivity index (χ3n) is 6.93. The Morgan fingerprint density at radius 2 is 1.48 bits per heavy atom. The second-order valence-electron chi connectivity index (χ2n) is 13.0.